The minimum absolute atomic E-state index is 0.269. The highest BCUT2D eigenvalue weighted by atomic mass is 35.5. The van der Waals surface area contributed by atoms with Crippen LogP contribution in [0.4, 0.5) is 0 Å². The second-order valence-corrected chi connectivity index (χ2v) is 6.05. The summed E-state index contributed by atoms with van der Waals surface area (Å²) in [6.45, 7) is 6.80. The van der Waals surface area contributed by atoms with Gasteiger partial charge < -0.3 is 14.8 Å². The van der Waals surface area contributed by atoms with E-state index in [0.717, 1.165) is 0 Å². The molecule has 21 heavy (non-hydrogen) atoms. The van der Waals surface area contributed by atoms with Gasteiger partial charge in [-0.25, -0.2) is 4.79 Å². The number of ether oxygens (including phenoxy) is 2. The predicted molar refractivity (Wildman–Crippen MR) is 80.4 cm³/mol. The molecule has 5 nitrogen and oxygen atoms in total. The monoisotopic (exact) mass is 313 g/mol. The summed E-state index contributed by atoms with van der Waals surface area (Å²) in [5.41, 5.74) is -0.377. The van der Waals surface area contributed by atoms with Crippen LogP contribution in [0.3, 0.4) is 0 Å². The first-order valence-electron chi connectivity index (χ1n) is 6.57. The summed E-state index contributed by atoms with van der Waals surface area (Å²) in [6, 6.07) is 6.60. The fraction of sp³-hybridized carbons (Fsp3) is 0.467. The van der Waals surface area contributed by atoms with Gasteiger partial charge >= 0.3 is 5.97 Å². The van der Waals surface area contributed by atoms with Crippen molar-refractivity contribution in [2.24, 2.45) is 0 Å². The van der Waals surface area contributed by atoms with Crippen LogP contribution < -0.4 is 10.1 Å². The zero-order valence-electron chi connectivity index (χ0n) is 12.6. The summed E-state index contributed by atoms with van der Waals surface area (Å²) in [7, 11) is 0. The van der Waals surface area contributed by atoms with E-state index in [2.05, 4.69) is 5.32 Å². The molecule has 1 amide bonds. The van der Waals surface area contributed by atoms with Crippen LogP contribution in [0.5, 0.6) is 5.75 Å². The lowest BCUT2D eigenvalue weighted by Gasteiger charge is -2.23. The van der Waals surface area contributed by atoms with Crippen molar-refractivity contribution < 1.29 is 19.1 Å². The van der Waals surface area contributed by atoms with E-state index in [1.807, 2.05) is 20.8 Å². The average Bonchev–Trinajstić information content (AvgIpc) is 2.36. The van der Waals surface area contributed by atoms with Gasteiger partial charge in [-0.2, -0.15) is 0 Å². The number of hydrogen-bond donors (Lipinski definition) is 1. The summed E-state index contributed by atoms with van der Waals surface area (Å²) in [6.07, 6.45) is -0.870. The number of rotatable bonds is 5. The lowest BCUT2D eigenvalue weighted by atomic mass is 10.1. The van der Waals surface area contributed by atoms with E-state index in [1.165, 1.54) is 6.92 Å². The average molecular weight is 314 g/mol. The molecule has 0 bridgehead atoms. The maximum Gasteiger partial charge on any atom is 0.344 e. The molecule has 1 N–H and O–H groups in total. The topological polar surface area (TPSA) is 64.6 Å². The van der Waals surface area contributed by atoms with Crippen molar-refractivity contribution in [3.05, 3.63) is 29.3 Å². The molecule has 0 fully saturated rings. The van der Waals surface area contributed by atoms with Crippen LogP contribution in [0.15, 0.2) is 24.3 Å². The van der Waals surface area contributed by atoms with Gasteiger partial charge in [-0.3, -0.25) is 4.79 Å². The highest BCUT2D eigenvalue weighted by Crippen LogP contribution is 2.15. The van der Waals surface area contributed by atoms with Crippen LogP contribution in [-0.4, -0.2) is 30.1 Å². The van der Waals surface area contributed by atoms with Gasteiger partial charge in [0.2, 0.25) is 0 Å². The molecule has 1 rings (SSSR count). The van der Waals surface area contributed by atoms with Crippen molar-refractivity contribution in [2.75, 3.05) is 6.61 Å². The summed E-state index contributed by atoms with van der Waals surface area (Å²) >= 11 is 5.74. The fourth-order valence-electron chi connectivity index (χ4n) is 1.43. The molecule has 0 aliphatic carbocycles. The van der Waals surface area contributed by atoms with Gasteiger partial charge in [0.1, 0.15) is 5.75 Å². The number of halogens is 1. The van der Waals surface area contributed by atoms with Gasteiger partial charge in [0.25, 0.3) is 5.91 Å². The van der Waals surface area contributed by atoms with Crippen LogP contribution in [-0.2, 0) is 14.3 Å². The molecule has 0 aliphatic heterocycles. The molecule has 6 heteroatoms. The van der Waals surface area contributed by atoms with Gasteiger partial charge in [0, 0.05) is 10.6 Å². The molecule has 0 heterocycles. The second-order valence-electron chi connectivity index (χ2n) is 5.61. The third kappa shape index (κ3) is 6.99. The maximum absolute atomic E-state index is 11.8. The van der Waals surface area contributed by atoms with E-state index >= 15 is 0 Å². The molecule has 0 spiro atoms. The Labute approximate surface area is 129 Å². The Kier molecular flexibility index (Phi) is 6.03. The highest BCUT2D eigenvalue weighted by Gasteiger charge is 2.22. The number of esters is 1. The first-order chi connectivity index (χ1) is 9.67. The number of nitrogens with one attached hydrogen (secondary N) is 1. The van der Waals surface area contributed by atoms with Crippen LogP contribution in [0, 0.1) is 0 Å². The number of hydrogen-bond acceptors (Lipinski definition) is 4. The Hall–Kier alpha value is -1.75. The second kappa shape index (κ2) is 7.31. The lowest BCUT2D eigenvalue weighted by molar-refractivity contribution is -0.157. The Balaban J connectivity index is 2.39. The number of carbonyl (C=O) groups is 2. The third-order valence-corrected chi connectivity index (χ3v) is 2.60. The molecule has 0 unspecified atom stereocenters. The normalized spacial score (nSPS) is 12.4. The van der Waals surface area contributed by atoms with Crippen LogP contribution in [0.1, 0.15) is 27.7 Å². The molecule has 0 saturated heterocycles. The van der Waals surface area contributed by atoms with E-state index in [-0.39, 0.29) is 18.1 Å². The molecule has 0 radical (unpaired) electrons. The van der Waals surface area contributed by atoms with E-state index in [4.69, 9.17) is 21.1 Å². The van der Waals surface area contributed by atoms with E-state index in [1.54, 1.807) is 24.3 Å². The van der Waals surface area contributed by atoms with E-state index in [0.29, 0.717) is 10.8 Å². The molecule has 0 aromatic heterocycles. The molecular formula is C15H20ClNO4. The minimum atomic E-state index is -0.870. The van der Waals surface area contributed by atoms with Crippen molar-refractivity contribution >= 4 is 23.5 Å². The first-order valence-corrected chi connectivity index (χ1v) is 6.95. The molecule has 0 saturated carbocycles. The molecule has 1 aromatic rings. The van der Waals surface area contributed by atoms with Crippen LogP contribution in [0.2, 0.25) is 5.02 Å². The quantitative estimate of drug-likeness (QED) is 0.849. The Morgan fingerprint density at radius 2 is 1.81 bits per heavy atom. The van der Waals surface area contributed by atoms with Gasteiger partial charge in [-0.05, 0) is 52.0 Å². The number of amides is 1. The highest BCUT2D eigenvalue weighted by molar-refractivity contribution is 6.30. The van der Waals surface area contributed by atoms with Crippen molar-refractivity contribution in [2.45, 2.75) is 39.3 Å². The SMILES string of the molecule is C[C@H](OC(=O)COc1ccc(Cl)cc1)C(=O)NC(C)(C)C. The van der Waals surface area contributed by atoms with E-state index < -0.39 is 12.1 Å². The van der Waals surface area contributed by atoms with Crippen LogP contribution in [0.25, 0.3) is 0 Å². The third-order valence-electron chi connectivity index (χ3n) is 2.35. The van der Waals surface area contributed by atoms with Gasteiger partial charge in [0.05, 0.1) is 0 Å². The van der Waals surface area contributed by atoms with Crippen molar-refractivity contribution in [3.8, 4) is 5.75 Å². The molecule has 1 aromatic carbocycles. The maximum atomic E-state index is 11.8. The summed E-state index contributed by atoms with van der Waals surface area (Å²) in [4.78, 5) is 23.4. The zero-order valence-corrected chi connectivity index (χ0v) is 13.4. The molecular weight excluding hydrogens is 294 g/mol. The smallest absolute Gasteiger partial charge is 0.344 e. The van der Waals surface area contributed by atoms with Crippen LogP contribution >= 0.6 is 11.6 Å². The lowest BCUT2D eigenvalue weighted by Crippen LogP contribution is -2.46. The molecule has 1 atom stereocenters. The minimum Gasteiger partial charge on any atom is -0.482 e. The molecule has 116 valence electrons. The van der Waals surface area contributed by atoms with Gasteiger partial charge in [0.15, 0.2) is 12.7 Å². The van der Waals surface area contributed by atoms with Crippen molar-refractivity contribution in [3.63, 3.8) is 0 Å². The van der Waals surface area contributed by atoms with Gasteiger partial charge in [-0.15, -0.1) is 0 Å². The zero-order chi connectivity index (χ0) is 16.0. The largest absolute Gasteiger partial charge is 0.482 e. The standard InChI is InChI=1S/C15H20ClNO4/c1-10(14(19)17-15(2,3)4)21-13(18)9-20-12-7-5-11(16)6-8-12/h5-8,10H,9H2,1-4H3,(H,17,19)/t10-/m0/s1. The number of carbonyl (C=O) groups excluding carboxylic acids is 2. The van der Waals surface area contributed by atoms with Crippen molar-refractivity contribution in [1.29, 1.82) is 0 Å². The Morgan fingerprint density at radius 1 is 1.24 bits per heavy atom. The Bertz CT molecular complexity index is 493. The van der Waals surface area contributed by atoms with E-state index in [9.17, 15) is 9.59 Å². The molecule has 0 aliphatic rings. The number of benzene rings is 1. The summed E-state index contributed by atoms with van der Waals surface area (Å²) in [5.74, 6) is -0.452. The summed E-state index contributed by atoms with van der Waals surface area (Å²) < 4.78 is 10.2. The Morgan fingerprint density at radius 3 is 2.33 bits per heavy atom. The fourth-order valence-corrected chi connectivity index (χ4v) is 1.56. The summed E-state index contributed by atoms with van der Waals surface area (Å²) in [5, 5.41) is 3.31. The predicted octanol–water partition coefficient (Wildman–Crippen LogP) is 2.57. The van der Waals surface area contributed by atoms with Gasteiger partial charge in [-0.1, -0.05) is 11.6 Å². The van der Waals surface area contributed by atoms with Crippen molar-refractivity contribution in [1.82, 2.24) is 5.32 Å². The first kappa shape index (κ1) is 17.3.